The summed E-state index contributed by atoms with van der Waals surface area (Å²) in [6.45, 7) is -0.278. The van der Waals surface area contributed by atoms with Crippen molar-refractivity contribution in [1.29, 1.82) is 0 Å². The van der Waals surface area contributed by atoms with Crippen LogP contribution in [0.1, 0.15) is 22.6 Å². The maximum atomic E-state index is 11.5. The van der Waals surface area contributed by atoms with Gasteiger partial charge in [-0.2, -0.15) is 0 Å². The van der Waals surface area contributed by atoms with E-state index >= 15 is 0 Å². The average Bonchev–Trinajstić information content (AvgIpc) is 2.62. The minimum absolute atomic E-state index is 0.0254. The number of aromatic hydroxyl groups is 3. The Morgan fingerprint density at radius 2 is 1.80 bits per heavy atom. The summed E-state index contributed by atoms with van der Waals surface area (Å²) in [6, 6.07) is 7.58. The van der Waals surface area contributed by atoms with E-state index in [2.05, 4.69) is 0 Å². The van der Waals surface area contributed by atoms with Crippen molar-refractivity contribution in [3.05, 3.63) is 52.6 Å². The van der Waals surface area contributed by atoms with Crippen molar-refractivity contribution >= 4 is 12.4 Å². The second-order valence-electron chi connectivity index (χ2n) is 5.93. The highest BCUT2D eigenvalue weighted by Crippen LogP contribution is 2.46. The molecule has 0 fully saturated rings. The van der Waals surface area contributed by atoms with Crippen LogP contribution in [0.25, 0.3) is 6.08 Å². The molecule has 0 bridgehead atoms. The number of aliphatic hydroxyl groups is 1. The van der Waals surface area contributed by atoms with Crippen molar-refractivity contribution in [3.63, 3.8) is 0 Å². The molecule has 0 amide bonds. The normalized spacial score (nSPS) is 19.0. The lowest BCUT2D eigenvalue weighted by Crippen LogP contribution is -2.24. The quantitative estimate of drug-likeness (QED) is 0.501. The SMILES string of the molecule is COc1cc(C2c3cc(O)c(O)cc3C=C(C=O)C2CO)ccc1O. The van der Waals surface area contributed by atoms with Crippen LogP contribution in [0.5, 0.6) is 23.0 Å². The number of carbonyl (C=O) groups excluding carboxylic acids is 1. The number of ether oxygens (including phenoxy) is 1. The van der Waals surface area contributed by atoms with Crippen LogP contribution in [0.15, 0.2) is 35.9 Å². The molecule has 0 saturated heterocycles. The zero-order chi connectivity index (χ0) is 18.1. The van der Waals surface area contributed by atoms with E-state index in [0.29, 0.717) is 28.5 Å². The second-order valence-corrected chi connectivity index (χ2v) is 5.93. The van der Waals surface area contributed by atoms with Gasteiger partial charge in [-0.15, -0.1) is 0 Å². The number of phenolic OH excluding ortho intramolecular Hbond substituents is 3. The van der Waals surface area contributed by atoms with Crippen molar-refractivity contribution in [2.24, 2.45) is 5.92 Å². The zero-order valence-electron chi connectivity index (χ0n) is 13.5. The fourth-order valence-electron chi connectivity index (χ4n) is 3.33. The molecule has 25 heavy (non-hydrogen) atoms. The summed E-state index contributed by atoms with van der Waals surface area (Å²) in [5.74, 6) is -1.31. The maximum absolute atomic E-state index is 11.5. The molecular formula is C19H18O6. The topological polar surface area (TPSA) is 107 Å². The monoisotopic (exact) mass is 342 g/mol. The van der Waals surface area contributed by atoms with Crippen LogP contribution in [0, 0.1) is 5.92 Å². The van der Waals surface area contributed by atoms with Crippen LogP contribution in [0.3, 0.4) is 0 Å². The summed E-state index contributed by atoms with van der Waals surface area (Å²) in [5, 5.41) is 39.3. The average molecular weight is 342 g/mol. The van der Waals surface area contributed by atoms with E-state index in [4.69, 9.17) is 4.74 Å². The van der Waals surface area contributed by atoms with Crippen LogP contribution in [-0.4, -0.2) is 40.4 Å². The molecule has 2 unspecified atom stereocenters. The van der Waals surface area contributed by atoms with E-state index in [-0.39, 0.29) is 29.6 Å². The third-order valence-corrected chi connectivity index (χ3v) is 4.56. The van der Waals surface area contributed by atoms with Gasteiger partial charge in [-0.05, 0) is 52.6 Å². The van der Waals surface area contributed by atoms with Crippen molar-refractivity contribution in [1.82, 2.24) is 0 Å². The van der Waals surface area contributed by atoms with Gasteiger partial charge < -0.3 is 25.2 Å². The molecule has 6 heteroatoms. The molecule has 3 rings (SSSR count). The highest BCUT2D eigenvalue weighted by Gasteiger charge is 2.33. The van der Waals surface area contributed by atoms with Gasteiger partial charge in [0.1, 0.15) is 6.29 Å². The lowest BCUT2D eigenvalue weighted by atomic mass is 9.72. The van der Waals surface area contributed by atoms with E-state index in [1.807, 2.05) is 0 Å². The predicted molar refractivity (Wildman–Crippen MR) is 90.9 cm³/mol. The van der Waals surface area contributed by atoms with E-state index in [0.717, 1.165) is 0 Å². The van der Waals surface area contributed by atoms with Crippen molar-refractivity contribution in [2.75, 3.05) is 13.7 Å². The maximum Gasteiger partial charge on any atom is 0.160 e. The Labute approximate surface area is 144 Å². The Morgan fingerprint density at radius 1 is 1.08 bits per heavy atom. The van der Waals surface area contributed by atoms with Gasteiger partial charge in [0, 0.05) is 11.8 Å². The zero-order valence-corrected chi connectivity index (χ0v) is 13.5. The third-order valence-electron chi connectivity index (χ3n) is 4.56. The van der Waals surface area contributed by atoms with Gasteiger partial charge in [0.2, 0.25) is 0 Å². The van der Waals surface area contributed by atoms with E-state index in [9.17, 15) is 25.2 Å². The first kappa shape index (κ1) is 16.9. The molecule has 2 aromatic carbocycles. The molecule has 4 N–H and O–H groups in total. The number of benzene rings is 2. The number of fused-ring (bicyclic) bond motifs is 1. The Bertz CT molecular complexity index is 855. The fourth-order valence-corrected chi connectivity index (χ4v) is 3.33. The molecule has 6 nitrogen and oxygen atoms in total. The summed E-state index contributed by atoms with van der Waals surface area (Å²) in [7, 11) is 1.43. The first-order chi connectivity index (χ1) is 12.0. The molecule has 0 radical (unpaired) electrons. The molecule has 0 heterocycles. The summed E-state index contributed by atoms with van der Waals surface area (Å²) < 4.78 is 5.14. The van der Waals surface area contributed by atoms with Gasteiger partial charge in [-0.3, -0.25) is 4.79 Å². The third kappa shape index (κ3) is 2.81. The predicted octanol–water partition coefficient (Wildman–Crippen LogP) is 2.15. The number of aliphatic hydroxyl groups excluding tert-OH is 1. The summed E-state index contributed by atoms with van der Waals surface area (Å²) in [6.07, 6.45) is 2.27. The van der Waals surface area contributed by atoms with Crippen LogP contribution in [0.2, 0.25) is 0 Å². The Kier molecular flexibility index (Phi) is 4.37. The molecule has 130 valence electrons. The molecule has 0 spiro atoms. The standard InChI is InChI=1S/C19H18O6/c1-25-18-6-10(2-3-15(18)22)19-13-7-17(24)16(23)5-11(13)4-12(8-20)14(19)9-21/h2-8,14,19,21-24H,9H2,1H3. The molecule has 2 atom stereocenters. The molecular weight excluding hydrogens is 324 g/mol. The Morgan fingerprint density at radius 3 is 2.44 bits per heavy atom. The van der Waals surface area contributed by atoms with E-state index in [1.54, 1.807) is 18.2 Å². The molecule has 0 aromatic heterocycles. The summed E-state index contributed by atoms with van der Waals surface area (Å²) >= 11 is 0. The molecule has 2 aromatic rings. The molecule has 0 saturated carbocycles. The number of phenols is 3. The summed E-state index contributed by atoms with van der Waals surface area (Å²) in [5.41, 5.74) is 2.33. The fraction of sp³-hybridized carbons (Fsp3) is 0.211. The minimum atomic E-state index is -0.525. The van der Waals surface area contributed by atoms with Gasteiger partial charge in [-0.1, -0.05) is 6.07 Å². The number of hydrogen-bond acceptors (Lipinski definition) is 6. The van der Waals surface area contributed by atoms with Crippen LogP contribution < -0.4 is 4.74 Å². The van der Waals surface area contributed by atoms with Crippen molar-refractivity contribution in [3.8, 4) is 23.0 Å². The number of aldehydes is 1. The molecule has 0 aliphatic heterocycles. The lowest BCUT2D eigenvalue weighted by molar-refractivity contribution is -0.105. The van der Waals surface area contributed by atoms with Crippen LogP contribution in [0.4, 0.5) is 0 Å². The van der Waals surface area contributed by atoms with Crippen LogP contribution >= 0.6 is 0 Å². The number of carbonyl (C=O) groups is 1. The Balaban J connectivity index is 2.25. The highest BCUT2D eigenvalue weighted by molar-refractivity contribution is 5.86. The number of methoxy groups -OCH3 is 1. The van der Waals surface area contributed by atoms with E-state index < -0.39 is 11.8 Å². The Hall–Kier alpha value is -2.99. The van der Waals surface area contributed by atoms with E-state index in [1.165, 1.54) is 25.3 Å². The summed E-state index contributed by atoms with van der Waals surface area (Å²) in [4.78, 5) is 11.5. The largest absolute Gasteiger partial charge is 0.504 e. The second kappa shape index (κ2) is 6.49. The number of hydrogen-bond donors (Lipinski definition) is 4. The first-order valence-corrected chi connectivity index (χ1v) is 7.70. The van der Waals surface area contributed by atoms with Crippen molar-refractivity contribution in [2.45, 2.75) is 5.92 Å². The highest BCUT2D eigenvalue weighted by atomic mass is 16.5. The van der Waals surface area contributed by atoms with Gasteiger partial charge in [0.25, 0.3) is 0 Å². The van der Waals surface area contributed by atoms with Crippen molar-refractivity contribution < 1.29 is 30.0 Å². The molecule has 1 aliphatic rings. The van der Waals surface area contributed by atoms with Gasteiger partial charge in [-0.25, -0.2) is 0 Å². The first-order valence-electron chi connectivity index (χ1n) is 7.70. The smallest absolute Gasteiger partial charge is 0.160 e. The van der Waals surface area contributed by atoms with Gasteiger partial charge >= 0.3 is 0 Å². The van der Waals surface area contributed by atoms with Gasteiger partial charge in [0.15, 0.2) is 23.0 Å². The van der Waals surface area contributed by atoms with Crippen LogP contribution in [-0.2, 0) is 4.79 Å². The lowest BCUT2D eigenvalue weighted by Gasteiger charge is -2.32. The molecule has 1 aliphatic carbocycles. The minimum Gasteiger partial charge on any atom is -0.504 e. The van der Waals surface area contributed by atoms with Gasteiger partial charge in [0.05, 0.1) is 13.7 Å². The number of rotatable bonds is 4.